The first-order valence-corrected chi connectivity index (χ1v) is 6.57. The molecule has 0 radical (unpaired) electrons. The van der Waals surface area contributed by atoms with Crippen molar-refractivity contribution in [2.75, 3.05) is 0 Å². The fraction of sp³-hybridized carbons (Fsp3) is 0.500. The Morgan fingerprint density at radius 3 is 2.82 bits per heavy atom. The smallest absolute Gasteiger partial charge is 0.161 e. The molecule has 2 heterocycles. The summed E-state index contributed by atoms with van der Waals surface area (Å²) in [7, 11) is 0. The zero-order valence-electron chi connectivity index (χ0n) is 10.3. The van der Waals surface area contributed by atoms with E-state index in [1.807, 2.05) is 6.07 Å². The van der Waals surface area contributed by atoms with E-state index in [0.717, 1.165) is 17.8 Å². The predicted molar refractivity (Wildman–Crippen MR) is 68.2 cm³/mol. The summed E-state index contributed by atoms with van der Waals surface area (Å²) in [5.41, 5.74) is 1.21. The minimum Gasteiger partial charge on any atom is -0.379 e. The molecule has 0 aliphatic carbocycles. The van der Waals surface area contributed by atoms with Gasteiger partial charge >= 0.3 is 0 Å². The van der Waals surface area contributed by atoms with Gasteiger partial charge in [-0.2, -0.15) is 5.10 Å². The highest BCUT2D eigenvalue weighted by molar-refractivity contribution is 7.12. The first-order chi connectivity index (χ1) is 8.13. The van der Waals surface area contributed by atoms with E-state index in [-0.39, 0.29) is 0 Å². The van der Waals surface area contributed by atoms with Crippen molar-refractivity contribution in [1.82, 2.24) is 14.8 Å². The second-order valence-corrected chi connectivity index (χ2v) is 5.42. The Morgan fingerprint density at radius 2 is 2.24 bits per heavy atom. The van der Waals surface area contributed by atoms with Crippen LogP contribution in [-0.4, -0.2) is 19.9 Å². The molecule has 0 saturated carbocycles. The average Bonchev–Trinajstić information content (AvgIpc) is 2.87. The van der Waals surface area contributed by atoms with Gasteiger partial charge in [-0.15, -0.1) is 11.3 Å². The van der Waals surface area contributed by atoms with Gasteiger partial charge in [-0.25, -0.2) is 9.67 Å². The van der Waals surface area contributed by atoms with Gasteiger partial charge in [0.2, 0.25) is 0 Å². The van der Waals surface area contributed by atoms with Gasteiger partial charge in [-0.3, -0.25) is 0 Å². The third-order valence-corrected chi connectivity index (χ3v) is 3.98. The maximum atomic E-state index is 10.3. The number of aliphatic hydroxyl groups excluding tert-OH is 1. The van der Waals surface area contributed by atoms with Crippen molar-refractivity contribution in [2.24, 2.45) is 0 Å². The van der Waals surface area contributed by atoms with E-state index in [2.05, 4.69) is 30.9 Å². The summed E-state index contributed by atoms with van der Waals surface area (Å²) in [5.74, 6) is 0.633. The van der Waals surface area contributed by atoms with Gasteiger partial charge in [0.1, 0.15) is 12.4 Å². The van der Waals surface area contributed by atoms with Crippen molar-refractivity contribution in [3.8, 4) is 0 Å². The van der Waals surface area contributed by atoms with Crippen LogP contribution in [0, 0.1) is 13.8 Å². The molecule has 2 rings (SSSR count). The summed E-state index contributed by atoms with van der Waals surface area (Å²) in [5, 5.41) is 14.4. The maximum Gasteiger partial charge on any atom is 0.161 e. The molecule has 5 heteroatoms. The molecule has 1 unspecified atom stereocenters. The molecule has 0 aliphatic heterocycles. The van der Waals surface area contributed by atoms with Gasteiger partial charge in [-0.05, 0) is 31.9 Å². The Hall–Kier alpha value is -1.20. The van der Waals surface area contributed by atoms with Crippen LogP contribution in [0.3, 0.4) is 0 Å². The third kappa shape index (κ3) is 2.40. The molecular weight excluding hydrogens is 234 g/mol. The Bertz CT molecular complexity index is 484. The molecule has 92 valence electrons. The second kappa shape index (κ2) is 4.98. The maximum absolute atomic E-state index is 10.3. The molecule has 1 N–H and O–H groups in total. The molecule has 0 spiro atoms. The standard InChI is InChI=1S/C12H17N3OS/c1-4-5-15-12(13-7-14-15)11(16)10-6-8(2)9(3)17-10/h6-7,11,16H,4-5H2,1-3H3. The lowest BCUT2D eigenvalue weighted by Crippen LogP contribution is -2.10. The van der Waals surface area contributed by atoms with Crippen molar-refractivity contribution in [2.45, 2.75) is 39.8 Å². The number of aryl methyl sites for hydroxylation is 3. The van der Waals surface area contributed by atoms with Crippen molar-refractivity contribution in [3.63, 3.8) is 0 Å². The fourth-order valence-electron chi connectivity index (χ4n) is 1.73. The van der Waals surface area contributed by atoms with E-state index in [1.54, 1.807) is 16.0 Å². The van der Waals surface area contributed by atoms with Crippen LogP contribution in [0.1, 0.15) is 40.6 Å². The summed E-state index contributed by atoms with van der Waals surface area (Å²) in [6.07, 6.45) is 1.81. The molecule has 0 aromatic carbocycles. The van der Waals surface area contributed by atoms with Crippen LogP contribution in [0.25, 0.3) is 0 Å². The van der Waals surface area contributed by atoms with E-state index in [9.17, 15) is 5.11 Å². The molecule has 17 heavy (non-hydrogen) atoms. The lowest BCUT2D eigenvalue weighted by molar-refractivity contribution is 0.206. The van der Waals surface area contributed by atoms with E-state index in [1.165, 1.54) is 16.8 Å². The van der Waals surface area contributed by atoms with Crippen LogP contribution in [0.4, 0.5) is 0 Å². The van der Waals surface area contributed by atoms with E-state index >= 15 is 0 Å². The first-order valence-electron chi connectivity index (χ1n) is 5.76. The van der Waals surface area contributed by atoms with E-state index in [0.29, 0.717) is 5.82 Å². The van der Waals surface area contributed by atoms with Crippen LogP contribution in [0.15, 0.2) is 12.4 Å². The zero-order chi connectivity index (χ0) is 12.4. The quantitative estimate of drug-likeness (QED) is 0.908. The average molecular weight is 251 g/mol. The van der Waals surface area contributed by atoms with Gasteiger partial charge in [0.25, 0.3) is 0 Å². The summed E-state index contributed by atoms with van der Waals surface area (Å²) in [4.78, 5) is 6.33. The SMILES string of the molecule is CCCn1ncnc1C(O)c1cc(C)c(C)s1. The fourth-order valence-corrected chi connectivity index (χ4v) is 2.76. The van der Waals surface area contributed by atoms with Gasteiger partial charge in [-0.1, -0.05) is 6.92 Å². The number of hydrogen-bond acceptors (Lipinski definition) is 4. The summed E-state index contributed by atoms with van der Waals surface area (Å²) < 4.78 is 1.77. The largest absolute Gasteiger partial charge is 0.379 e. The molecule has 4 nitrogen and oxygen atoms in total. The van der Waals surface area contributed by atoms with Crippen molar-refractivity contribution in [1.29, 1.82) is 0 Å². The molecule has 1 atom stereocenters. The summed E-state index contributed by atoms with van der Waals surface area (Å²) in [6.45, 7) is 6.98. The zero-order valence-corrected chi connectivity index (χ0v) is 11.2. The highest BCUT2D eigenvalue weighted by atomic mass is 32.1. The molecule has 2 aromatic heterocycles. The molecule has 0 bridgehead atoms. The summed E-state index contributed by atoms with van der Waals surface area (Å²) >= 11 is 1.62. The Labute approximate surface area is 105 Å². The molecule has 2 aromatic rings. The third-order valence-electron chi connectivity index (χ3n) is 2.78. The van der Waals surface area contributed by atoms with Gasteiger partial charge in [0.15, 0.2) is 5.82 Å². The Morgan fingerprint density at radius 1 is 1.47 bits per heavy atom. The molecule has 0 amide bonds. The van der Waals surface area contributed by atoms with Crippen molar-refractivity contribution < 1.29 is 5.11 Å². The van der Waals surface area contributed by atoms with Gasteiger partial charge in [0, 0.05) is 16.3 Å². The Kier molecular flexibility index (Phi) is 3.59. The predicted octanol–water partition coefficient (Wildman–Crippen LogP) is 2.45. The van der Waals surface area contributed by atoms with Gasteiger partial charge in [0.05, 0.1) is 0 Å². The minimum atomic E-state index is -0.665. The number of nitrogens with zero attached hydrogens (tertiary/aromatic N) is 3. The molecule has 0 aliphatic rings. The molecule has 0 saturated heterocycles. The number of aromatic nitrogens is 3. The van der Waals surface area contributed by atoms with Crippen LogP contribution >= 0.6 is 11.3 Å². The van der Waals surface area contributed by atoms with Crippen LogP contribution in [0.2, 0.25) is 0 Å². The number of rotatable bonds is 4. The molecular formula is C12H17N3OS. The lowest BCUT2D eigenvalue weighted by Gasteiger charge is -2.09. The van der Waals surface area contributed by atoms with Crippen LogP contribution in [-0.2, 0) is 6.54 Å². The summed E-state index contributed by atoms with van der Waals surface area (Å²) in [6, 6.07) is 2.02. The van der Waals surface area contributed by atoms with Crippen LogP contribution < -0.4 is 0 Å². The first kappa shape index (κ1) is 12.3. The highest BCUT2D eigenvalue weighted by Gasteiger charge is 2.19. The van der Waals surface area contributed by atoms with Gasteiger partial charge < -0.3 is 5.11 Å². The molecule has 0 fully saturated rings. The second-order valence-electron chi connectivity index (χ2n) is 4.13. The van der Waals surface area contributed by atoms with Crippen LogP contribution in [0.5, 0.6) is 0 Å². The number of hydrogen-bond donors (Lipinski definition) is 1. The minimum absolute atomic E-state index is 0.633. The topological polar surface area (TPSA) is 50.9 Å². The Balaban J connectivity index is 2.29. The number of thiophene rings is 1. The monoisotopic (exact) mass is 251 g/mol. The van der Waals surface area contributed by atoms with Crippen molar-refractivity contribution in [3.05, 3.63) is 33.5 Å². The number of aliphatic hydroxyl groups is 1. The highest BCUT2D eigenvalue weighted by Crippen LogP contribution is 2.29. The normalized spacial score (nSPS) is 12.9. The van der Waals surface area contributed by atoms with E-state index < -0.39 is 6.10 Å². The van der Waals surface area contributed by atoms with Crippen molar-refractivity contribution >= 4 is 11.3 Å². The van der Waals surface area contributed by atoms with E-state index in [4.69, 9.17) is 0 Å². The lowest BCUT2D eigenvalue weighted by atomic mass is 10.2.